The molecule has 2 N–H and O–H groups in total. The van der Waals surface area contributed by atoms with Gasteiger partial charge in [0.05, 0.1) is 12.2 Å². The van der Waals surface area contributed by atoms with E-state index in [0.717, 1.165) is 22.4 Å². The molecule has 0 saturated heterocycles. The molecule has 0 saturated carbocycles. The highest BCUT2D eigenvalue weighted by Gasteiger charge is 2.09. The molecule has 3 rings (SSSR count). The number of carboxylic acids is 1. The lowest BCUT2D eigenvalue weighted by atomic mass is 10.1. The van der Waals surface area contributed by atoms with Crippen molar-refractivity contribution in [3.63, 3.8) is 0 Å². The van der Waals surface area contributed by atoms with Crippen LogP contribution in [-0.4, -0.2) is 22.7 Å². The minimum Gasteiger partial charge on any atom is -0.490 e. The van der Waals surface area contributed by atoms with E-state index < -0.39 is 5.97 Å². The molecule has 0 aliphatic carbocycles. The molecule has 2 aromatic carbocycles. The van der Waals surface area contributed by atoms with Crippen LogP contribution in [0.1, 0.15) is 34.0 Å². The van der Waals surface area contributed by atoms with Crippen LogP contribution in [-0.2, 0) is 13.2 Å². The molecule has 6 nitrogen and oxygen atoms in total. The second-order valence-electron chi connectivity index (χ2n) is 6.68. The standard InChI is InChI=1S/C23H23ClN2O4/c1-3-29-21-10-16(12-25-19-11-18(23(27)28)7-4-15(19)2)5-8-20(21)30-14-17-6-9-22(24)26-13-17/h4-11,13,25H,3,12,14H2,1-2H3,(H,27,28). The van der Waals surface area contributed by atoms with E-state index in [1.165, 1.54) is 0 Å². The third kappa shape index (κ3) is 5.64. The fourth-order valence-corrected chi connectivity index (χ4v) is 2.96. The van der Waals surface area contributed by atoms with Gasteiger partial charge >= 0.3 is 5.97 Å². The molecule has 3 aromatic rings. The number of aryl methyl sites for hydroxylation is 1. The van der Waals surface area contributed by atoms with Gasteiger partial charge in [0.15, 0.2) is 11.5 Å². The van der Waals surface area contributed by atoms with Crippen molar-refractivity contribution in [2.45, 2.75) is 27.0 Å². The summed E-state index contributed by atoms with van der Waals surface area (Å²) in [5, 5.41) is 12.9. The Bertz CT molecular complexity index is 1020. The van der Waals surface area contributed by atoms with Crippen LogP contribution in [0.2, 0.25) is 5.15 Å². The molecule has 156 valence electrons. The predicted molar refractivity (Wildman–Crippen MR) is 117 cm³/mol. The molecule has 7 heteroatoms. The van der Waals surface area contributed by atoms with Crippen LogP contribution < -0.4 is 14.8 Å². The highest BCUT2D eigenvalue weighted by atomic mass is 35.5. The van der Waals surface area contributed by atoms with Gasteiger partial charge < -0.3 is 19.9 Å². The molecular weight excluding hydrogens is 404 g/mol. The summed E-state index contributed by atoms with van der Waals surface area (Å²) < 4.78 is 11.6. The van der Waals surface area contributed by atoms with Gasteiger partial charge in [0.25, 0.3) is 0 Å². The Morgan fingerprint density at radius 2 is 1.87 bits per heavy atom. The Labute approximate surface area is 180 Å². The van der Waals surface area contributed by atoms with Crippen molar-refractivity contribution in [2.75, 3.05) is 11.9 Å². The first-order valence-electron chi connectivity index (χ1n) is 9.53. The molecule has 0 atom stereocenters. The number of anilines is 1. The van der Waals surface area contributed by atoms with E-state index in [1.54, 1.807) is 30.5 Å². The number of hydrogen-bond donors (Lipinski definition) is 2. The first-order chi connectivity index (χ1) is 14.5. The van der Waals surface area contributed by atoms with E-state index in [9.17, 15) is 9.90 Å². The van der Waals surface area contributed by atoms with Crippen molar-refractivity contribution in [3.8, 4) is 11.5 Å². The molecule has 0 fully saturated rings. The van der Waals surface area contributed by atoms with Gasteiger partial charge in [-0.05, 0) is 55.3 Å². The number of aromatic nitrogens is 1. The van der Waals surface area contributed by atoms with Gasteiger partial charge in [-0.15, -0.1) is 0 Å². The van der Waals surface area contributed by atoms with Gasteiger partial charge in [-0.1, -0.05) is 29.8 Å². The number of nitrogens with one attached hydrogen (secondary N) is 1. The van der Waals surface area contributed by atoms with Crippen LogP contribution in [0.4, 0.5) is 5.69 Å². The topological polar surface area (TPSA) is 80.7 Å². The summed E-state index contributed by atoms with van der Waals surface area (Å²) in [6.45, 7) is 5.23. The molecule has 30 heavy (non-hydrogen) atoms. The van der Waals surface area contributed by atoms with Crippen LogP contribution in [0, 0.1) is 6.92 Å². The monoisotopic (exact) mass is 426 g/mol. The SMILES string of the molecule is CCOc1cc(CNc2cc(C(=O)O)ccc2C)ccc1OCc1ccc(Cl)nc1. The van der Waals surface area contributed by atoms with E-state index in [4.69, 9.17) is 21.1 Å². The maximum atomic E-state index is 11.2. The van der Waals surface area contributed by atoms with Crippen LogP contribution in [0.15, 0.2) is 54.7 Å². The van der Waals surface area contributed by atoms with Gasteiger partial charge in [0.2, 0.25) is 0 Å². The summed E-state index contributed by atoms with van der Waals surface area (Å²) in [7, 11) is 0. The summed E-state index contributed by atoms with van der Waals surface area (Å²) in [6, 6.07) is 14.3. The second kappa shape index (κ2) is 9.98. The largest absolute Gasteiger partial charge is 0.490 e. The molecule has 0 amide bonds. The highest BCUT2D eigenvalue weighted by Crippen LogP contribution is 2.30. The van der Waals surface area contributed by atoms with Gasteiger partial charge in [-0.3, -0.25) is 0 Å². The number of aromatic carboxylic acids is 1. The quantitative estimate of drug-likeness (QED) is 0.450. The fourth-order valence-electron chi connectivity index (χ4n) is 2.85. The zero-order valence-corrected chi connectivity index (χ0v) is 17.6. The number of pyridine rings is 1. The maximum absolute atomic E-state index is 11.2. The van der Waals surface area contributed by atoms with Gasteiger partial charge in [-0.25, -0.2) is 9.78 Å². The lowest BCUT2D eigenvalue weighted by Gasteiger charge is -2.15. The highest BCUT2D eigenvalue weighted by molar-refractivity contribution is 6.29. The Hall–Kier alpha value is -3.25. The van der Waals surface area contributed by atoms with Crippen molar-refractivity contribution < 1.29 is 19.4 Å². The lowest BCUT2D eigenvalue weighted by molar-refractivity contribution is 0.0697. The van der Waals surface area contributed by atoms with Crippen LogP contribution in [0.3, 0.4) is 0 Å². The Balaban J connectivity index is 1.70. The van der Waals surface area contributed by atoms with Gasteiger partial charge in [0, 0.05) is 24.0 Å². The molecule has 1 heterocycles. The minimum atomic E-state index is -0.950. The number of rotatable bonds is 9. The van der Waals surface area contributed by atoms with Crippen molar-refractivity contribution in [3.05, 3.63) is 82.1 Å². The normalized spacial score (nSPS) is 10.5. The summed E-state index contributed by atoms with van der Waals surface area (Å²) in [5.41, 5.74) is 3.89. The predicted octanol–water partition coefficient (Wildman–Crippen LogP) is 5.33. The zero-order valence-electron chi connectivity index (χ0n) is 16.8. The van der Waals surface area contributed by atoms with Crippen molar-refractivity contribution >= 4 is 23.3 Å². The summed E-state index contributed by atoms with van der Waals surface area (Å²) >= 11 is 5.81. The Morgan fingerprint density at radius 1 is 1.07 bits per heavy atom. The molecule has 0 radical (unpaired) electrons. The van der Waals surface area contributed by atoms with Gasteiger partial charge in [-0.2, -0.15) is 0 Å². The number of ether oxygens (including phenoxy) is 2. The van der Waals surface area contributed by atoms with Gasteiger partial charge in [0.1, 0.15) is 11.8 Å². The average molecular weight is 427 g/mol. The molecule has 1 aromatic heterocycles. The summed E-state index contributed by atoms with van der Waals surface area (Å²) in [6.07, 6.45) is 1.68. The lowest BCUT2D eigenvalue weighted by Crippen LogP contribution is -2.05. The average Bonchev–Trinajstić information content (AvgIpc) is 2.73. The fraction of sp³-hybridized carbons (Fsp3) is 0.217. The third-order valence-electron chi connectivity index (χ3n) is 4.46. The molecule has 0 aliphatic rings. The number of halogens is 1. The molecule has 0 unspecified atom stereocenters. The summed E-state index contributed by atoms with van der Waals surface area (Å²) in [4.78, 5) is 15.3. The van der Waals surface area contributed by atoms with E-state index in [-0.39, 0.29) is 5.56 Å². The minimum absolute atomic E-state index is 0.249. The first-order valence-corrected chi connectivity index (χ1v) is 9.91. The third-order valence-corrected chi connectivity index (χ3v) is 4.68. The van der Waals surface area contributed by atoms with E-state index in [1.807, 2.05) is 38.1 Å². The van der Waals surface area contributed by atoms with Crippen molar-refractivity contribution in [1.82, 2.24) is 4.98 Å². The van der Waals surface area contributed by atoms with E-state index in [0.29, 0.717) is 36.4 Å². The molecule has 0 aliphatic heterocycles. The van der Waals surface area contributed by atoms with E-state index >= 15 is 0 Å². The van der Waals surface area contributed by atoms with Crippen LogP contribution in [0.5, 0.6) is 11.5 Å². The number of benzene rings is 2. The molecule has 0 spiro atoms. The van der Waals surface area contributed by atoms with Crippen molar-refractivity contribution in [2.24, 2.45) is 0 Å². The van der Waals surface area contributed by atoms with Crippen LogP contribution >= 0.6 is 11.6 Å². The maximum Gasteiger partial charge on any atom is 0.335 e. The summed E-state index contributed by atoms with van der Waals surface area (Å²) in [5.74, 6) is 0.336. The smallest absolute Gasteiger partial charge is 0.335 e. The first kappa shape index (κ1) is 21.5. The number of hydrogen-bond acceptors (Lipinski definition) is 5. The Morgan fingerprint density at radius 3 is 2.57 bits per heavy atom. The number of carbonyl (C=O) groups is 1. The van der Waals surface area contributed by atoms with E-state index in [2.05, 4.69) is 10.3 Å². The molecular formula is C23H23ClN2O4. The van der Waals surface area contributed by atoms with Crippen LogP contribution in [0.25, 0.3) is 0 Å². The van der Waals surface area contributed by atoms with Crippen molar-refractivity contribution in [1.29, 1.82) is 0 Å². The number of nitrogens with zero attached hydrogens (tertiary/aromatic N) is 1. The molecule has 0 bridgehead atoms. The second-order valence-corrected chi connectivity index (χ2v) is 7.07. The Kier molecular flexibility index (Phi) is 7.14. The number of carboxylic acid groups (broad SMARTS) is 1. The zero-order chi connectivity index (χ0) is 21.5.